The van der Waals surface area contributed by atoms with E-state index in [9.17, 15) is 0 Å². The average molecular weight is 284 g/mol. The van der Waals surface area contributed by atoms with Gasteiger partial charge < -0.3 is 5.32 Å². The van der Waals surface area contributed by atoms with Gasteiger partial charge in [-0.25, -0.2) is 9.97 Å². The zero-order valence-corrected chi connectivity index (χ0v) is 12.1. The van der Waals surface area contributed by atoms with Gasteiger partial charge in [-0.15, -0.1) is 0 Å². The van der Waals surface area contributed by atoms with Crippen LogP contribution in [0, 0.1) is 13.8 Å². The molecule has 0 bridgehead atoms. The number of halogens is 1. The summed E-state index contributed by atoms with van der Waals surface area (Å²) in [6.45, 7) is 4.18. The van der Waals surface area contributed by atoms with E-state index in [1.807, 2.05) is 24.3 Å². The highest BCUT2D eigenvalue weighted by Crippen LogP contribution is 2.26. The fourth-order valence-corrected chi connectivity index (χ4v) is 2.21. The fraction of sp³-hybridized carbons (Fsp3) is 0.125. The fourth-order valence-electron chi connectivity index (χ4n) is 2.09. The summed E-state index contributed by atoms with van der Waals surface area (Å²) in [5, 5.41) is 5.05. The van der Waals surface area contributed by atoms with Crippen LogP contribution in [-0.4, -0.2) is 9.97 Å². The molecule has 2 aromatic carbocycles. The van der Waals surface area contributed by atoms with Gasteiger partial charge in [-0.05, 0) is 61.4 Å². The molecule has 0 radical (unpaired) electrons. The molecular formula is C16H14ClN3. The van der Waals surface area contributed by atoms with E-state index in [4.69, 9.17) is 11.6 Å². The molecule has 1 aromatic heterocycles. The van der Waals surface area contributed by atoms with Crippen molar-refractivity contribution < 1.29 is 0 Å². The van der Waals surface area contributed by atoms with Gasteiger partial charge >= 0.3 is 0 Å². The summed E-state index contributed by atoms with van der Waals surface area (Å²) in [5.41, 5.74) is 4.35. The zero-order valence-electron chi connectivity index (χ0n) is 11.3. The Morgan fingerprint density at radius 1 is 0.950 bits per heavy atom. The highest BCUT2D eigenvalue weighted by atomic mass is 35.5. The molecule has 0 saturated heterocycles. The molecule has 0 aliphatic carbocycles. The van der Waals surface area contributed by atoms with Crippen molar-refractivity contribution >= 4 is 34.0 Å². The highest BCUT2D eigenvalue weighted by molar-refractivity contribution is 6.30. The maximum Gasteiger partial charge on any atom is 0.141 e. The summed E-state index contributed by atoms with van der Waals surface area (Å²) in [6, 6.07) is 11.8. The molecule has 1 heterocycles. The third-order valence-electron chi connectivity index (χ3n) is 3.36. The largest absolute Gasteiger partial charge is 0.340 e. The second kappa shape index (κ2) is 5.10. The van der Waals surface area contributed by atoms with Crippen molar-refractivity contribution in [1.82, 2.24) is 9.97 Å². The summed E-state index contributed by atoms with van der Waals surface area (Å²) in [6.07, 6.45) is 1.58. The lowest BCUT2D eigenvalue weighted by Gasteiger charge is -2.10. The summed E-state index contributed by atoms with van der Waals surface area (Å²) in [7, 11) is 0. The second-order valence-electron chi connectivity index (χ2n) is 4.81. The van der Waals surface area contributed by atoms with Crippen LogP contribution in [0.1, 0.15) is 11.1 Å². The van der Waals surface area contributed by atoms with E-state index in [1.54, 1.807) is 6.33 Å². The third kappa shape index (κ3) is 2.45. The van der Waals surface area contributed by atoms with Gasteiger partial charge in [0.05, 0.1) is 5.52 Å². The standard InChI is InChI=1S/C16H14ClN3/c1-10-7-14-15(8-11(10)2)18-9-19-16(14)20-13-5-3-12(17)4-6-13/h3-9H,1-2H3,(H,18,19,20). The zero-order chi connectivity index (χ0) is 14.1. The molecule has 0 aliphatic rings. The van der Waals surface area contributed by atoms with Gasteiger partial charge in [0.15, 0.2) is 0 Å². The number of aromatic nitrogens is 2. The van der Waals surface area contributed by atoms with E-state index < -0.39 is 0 Å². The normalized spacial score (nSPS) is 10.8. The van der Waals surface area contributed by atoms with Gasteiger partial charge in [0.2, 0.25) is 0 Å². The Bertz CT molecular complexity index is 767. The minimum absolute atomic E-state index is 0.717. The van der Waals surface area contributed by atoms with Gasteiger partial charge in [0, 0.05) is 16.1 Å². The van der Waals surface area contributed by atoms with Gasteiger partial charge in [0.1, 0.15) is 12.1 Å². The highest BCUT2D eigenvalue weighted by Gasteiger charge is 2.06. The molecule has 3 nitrogen and oxygen atoms in total. The van der Waals surface area contributed by atoms with E-state index in [0.29, 0.717) is 0 Å². The smallest absolute Gasteiger partial charge is 0.141 e. The lowest BCUT2D eigenvalue weighted by Crippen LogP contribution is -1.96. The topological polar surface area (TPSA) is 37.8 Å². The molecule has 0 unspecified atom stereocenters. The van der Waals surface area contributed by atoms with Crippen LogP contribution in [0.25, 0.3) is 10.9 Å². The molecule has 0 fully saturated rings. The minimum Gasteiger partial charge on any atom is -0.340 e. The van der Waals surface area contributed by atoms with Crippen LogP contribution in [0.2, 0.25) is 5.02 Å². The van der Waals surface area contributed by atoms with Crippen LogP contribution >= 0.6 is 11.6 Å². The van der Waals surface area contributed by atoms with Crippen molar-refractivity contribution in [3.8, 4) is 0 Å². The summed E-state index contributed by atoms with van der Waals surface area (Å²) in [4.78, 5) is 8.67. The van der Waals surface area contributed by atoms with Crippen LogP contribution in [0.3, 0.4) is 0 Å². The number of hydrogen-bond donors (Lipinski definition) is 1. The quantitative estimate of drug-likeness (QED) is 0.744. The molecule has 0 saturated carbocycles. The summed E-state index contributed by atoms with van der Waals surface area (Å²) in [5.74, 6) is 0.806. The second-order valence-corrected chi connectivity index (χ2v) is 5.24. The molecule has 0 spiro atoms. The van der Waals surface area contributed by atoms with Crippen molar-refractivity contribution in [2.24, 2.45) is 0 Å². The Balaban J connectivity index is 2.07. The Morgan fingerprint density at radius 3 is 2.40 bits per heavy atom. The molecule has 0 amide bonds. The molecule has 0 aliphatic heterocycles. The lowest BCUT2D eigenvalue weighted by molar-refractivity contribution is 1.21. The van der Waals surface area contributed by atoms with Crippen molar-refractivity contribution in [3.63, 3.8) is 0 Å². The number of fused-ring (bicyclic) bond motifs is 1. The molecule has 4 heteroatoms. The van der Waals surface area contributed by atoms with Gasteiger partial charge in [0.25, 0.3) is 0 Å². The lowest BCUT2D eigenvalue weighted by atomic mass is 10.1. The van der Waals surface area contributed by atoms with Crippen LogP contribution in [-0.2, 0) is 0 Å². The first-order valence-electron chi connectivity index (χ1n) is 6.38. The predicted octanol–water partition coefficient (Wildman–Crippen LogP) is 4.64. The number of nitrogens with zero attached hydrogens (tertiary/aromatic N) is 2. The molecule has 100 valence electrons. The van der Waals surface area contributed by atoms with Crippen LogP contribution in [0.5, 0.6) is 0 Å². The van der Waals surface area contributed by atoms with E-state index in [1.165, 1.54) is 11.1 Å². The predicted molar refractivity (Wildman–Crippen MR) is 83.7 cm³/mol. The summed E-state index contributed by atoms with van der Waals surface area (Å²) < 4.78 is 0. The molecule has 20 heavy (non-hydrogen) atoms. The maximum absolute atomic E-state index is 5.89. The first-order valence-corrected chi connectivity index (χ1v) is 6.76. The number of benzene rings is 2. The Kier molecular flexibility index (Phi) is 3.28. The van der Waals surface area contributed by atoms with E-state index in [-0.39, 0.29) is 0 Å². The van der Waals surface area contributed by atoms with E-state index in [0.717, 1.165) is 27.4 Å². The maximum atomic E-state index is 5.89. The Morgan fingerprint density at radius 2 is 1.65 bits per heavy atom. The number of anilines is 2. The van der Waals surface area contributed by atoms with Gasteiger partial charge in [-0.3, -0.25) is 0 Å². The number of hydrogen-bond acceptors (Lipinski definition) is 3. The first-order chi connectivity index (χ1) is 9.63. The van der Waals surface area contributed by atoms with Gasteiger partial charge in [-0.1, -0.05) is 11.6 Å². The van der Waals surface area contributed by atoms with Crippen molar-refractivity contribution in [2.45, 2.75) is 13.8 Å². The van der Waals surface area contributed by atoms with Crippen LogP contribution < -0.4 is 5.32 Å². The number of rotatable bonds is 2. The number of nitrogens with one attached hydrogen (secondary N) is 1. The van der Waals surface area contributed by atoms with E-state index >= 15 is 0 Å². The molecule has 3 aromatic rings. The SMILES string of the molecule is Cc1cc2ncnc(Nc3ccc(Cl)cc3)c2cc1C. The molecule has 1 N–H and O–H groups in total. The number of aryl methyl sites for hydroxylation is 2. The van der Waals surface area contributed by atoms with E-state index in [2.05, 4.69) is 41.3 Å². The van der Waals surface area contributed by atoms with Crippen LogP contribution in [0.4, 0.5) is 11.5 Å². The molecule has 3 rings (SSSR count). The Hall–Kier alpha value is -2.13. The van der Waals surface area contributed by atoms with Crippen molar-refractivity contribution in [1.29, 1.82) is 0 Å². The monoisotopic (exact) mass is 283 g/mol. The molecule has 0 atom stereocenters. The van der Waals surface area contributed by atoms with Crippen molar-refractivity contribution in [3.05, 3.63) is 58.9 Å². The van der Waals surface area contributed by atoms with Crippen molar-refractivity contribution in [2.75, 3.05) is 5.32 Å². The minimum atomic E-state index is 0.717. The van der Waals surface area contributed by atoms with Crippen LogP contribution in [0.15, 0.2) is 42.7 Å². The third-order valence-corrected chi connectivity index (χ3v) is 3.61. The Labute approximate surface area is 122 Å². The first kappa shape index (κ1) is 12.9. The van der Waals surface area contributed by atoms with Gasteiger partial charge in [-0.2, -0.15) is 0 Å². The average Bonchev–Trinajstić information content (AvgIpc) is 2.43. The molecular weight excluding hydrogens is 270 g/mol. The summed E-state index contributed by atoms with van der Waals surface area (Å²) >= 11 is 5.89.